The van der Waals surface area contributed by atoms with Gasteiger partial charge in [-0.05, 0) is 43.1 Å². The van der Waals surface area contributed by atoms with Crippen LogP contribution in [0.2, 0.25) is 19.6 Å². The quantitative estimate of drug-likeness (QED) is 0.575. The van der Waals surface area contributed by atoms with Gasteiger partial charge in [0.15, 0.2) is 0 Å². The van der Waals surface area contributed by atoms with E-state index in [4.69, 9.17) is 0 Å². The van der Waals surface area contributed by atoms with Crippen LogP contribution in [0.25, 0.3) is 0 Å². The zero-order chi connectivity index (χ0) is 16.0. The van der Waals surface area contributed by atoms with Gasteiger partial charge in [-0.3, -0.25) is 0 Å². The van der Waals surface area contributed by atoms with Gasteiger partial charge >= 0.3 is 0 Å². The predicted octanol–water partition coefficient (Wildman–Crippen LogP) is 4.72. The first-order valence-electron chi connectivity index (χ1n) is 8.14. The van der Waals surface area contributed by atoms with Crippen molar-refractivity contribution in [1.82, 2.24) is 0 Å². The number of thioether (sulfide) groups is 2. The van der Waals surface area contributed by atoms with Crippen molar-refractivity contribution in [2.45, 2.75) is 63.9 Å². The molecule has 0 aromatic rings. The van der Waals surface area contributed by atoms with Crippen LogP contribution < -0.4 is 0 Å². The minimum Gasteiger partial charge on any atom is -0.392 e. The van der Waals surface area contributed by atoms with Gasteiger partial charge in [-0.1, -0.05) is 33.5 Å². The SMILES string of the molecule is C[C@H](C[C@H](C)[C@H](O)[C@@H](C)C#C[Si](C)(C)C)C1SCCCS1. The van der Waals surface area contributed by atoms with E-state index >= 15 is 0 Å². The Morgan fingerprint density at radius 2 is 1.71 bits per heavy atom. The lowest BCUT2D eigenvalue weighted by atomic mass is 9.87. The summed E-state index contributed by atoms with van der Waals surface area (Å²) >= 11 is 4.21. The van der Waals surface area contributed by atoms with Crippen molar-refractivity contribution in [2.24, 2.45) is 17.8 Å². The van der Waals surface area contributed by atoms with Gasteiger partial charge in [0, 0.05) is 5.92 Å². The molecule has 1 fully saturated rings. The lowest BCUT2D eigenvalue weighted by molar-refractivity contribution is 0.0760. The van der Waals surface area contributed by atoms with E-state index in [1.54, 1.807) is 0 Å². The van der Waals surface area contributed by atoms with Crippen LogP contribution in [-0.2, 0) is 0 Å². The van der Waals surface area contributed by atoms with Gasteiger partial charge in [0.25, 0.3) is 0 Å². The van der Waals surface area contributed by atoms with Crippen LogP contribution in [-0.4, -0.2) is 35.4 Å². The van der Waals surface area contributed by atoms with Gasteiger partial charge in [0.1, 0.15) is 8.07 Å². The maximum atomic E-state index is 10.5. The third-order valence-corrected chi connectivity index (χ3v) is 8.18. The molecule has 4 atom stereocenters. The summed E-state index contributed by atoms with van der Waals surface area (Å²) < 4.78 is 0.719. The average Bonchev–Trinajstić information content (AvgIpc) is 2.43. The highest BCUT2D eigenvalue weighted by atomic mass is 32.2. The highest BCUT2D eigenvalue weighted by Crippen LogP contribution is 2.38. The lowest BCUT2D eigenvalue weighted by Gasteiger charge is -2.30. The molecule has 1 nitrogen and oxygen atoms in total. The minimum absolute atomic E-state index is 0.0885. The molecule has 1 N–H and O–H groups in total. The second-order valence-electron chi connectivity index (χ2n) is 7.45. The Morgan fingerprint density at radius 1 is 1.14 bits per heavy atom. The van der Waals surface area contributed by atoms with Crippen LogP contribution in [0.1, 0.15) is 33.6 Å². The highest BCUT2D eigenvalue weighted by molar-refractivity contribution is 8.17. The predicted molar refractivity (Wildman–Crippen MR) is 103 cm³/mol. The second-order valence-corrected chi connectivity index (χ2v) is 15.0. The highest BCUT2D eigenvalue weighted by Gasteiger charge is 2.27. The summed E-state index contributed by atoms with van der Waals surface area (Å²) in [6.07, 6.45) is 2.15. The summed E-state index contributed by atoms with van der Waals surface area (Å²) in [5.41, 5.74) is 3.39. The van der Waals surface area contributed by atoms with Crippen molar-refractivity contribution >= 4 is 31.6 Å². The van der Waals surface area contributed by atoms with Crippen molar-refractivity contribution < 1.29 is 5.11 Å². The summed E-state index contributed by atoms with van der Waals surface area (Å²) in [7, 11) is -1.34. The Labute approximate surface area is 141 Å². The fraction of sp³-hybridized carbons (Fsp3) is 0.882. The van der Waals surface area contributed by atoms with E-state index in [1.807, 2.05) is 0 Å². The van der Waals surface area contributed by atoms with Crippen molar-refractivity contribution in [3.05, 3.63) is 0 Å². The summed E-state index contributed by atoms with van der Waals surface area (Å²) in [5, 5.41) is 10.5. The van der Waals surface area contributed by atoms with Crippen LogP contribution in [0.5, 0.6) is 0 Å². The molecular formula is C17H32OS2Si. The van der Waals surface area contributed by atoms with Crippen molar-refractivity contribution in [2.75, 3.05) is 11.5 Å². The van der Waals surface area contributed by atoms with Gasteiger partial charge in [-0.15, -0.1) is 35.0 Å². The molecule has 1 aliphatic rings. The van der Waals surface area contributed by atoms with Crippen LogP contribution in [0.3, 0.4) is 0 Å². The summed E-state index contributed by atoms with van der Waals surface area (Å²) in [5.74, 6) is 7.00. The fourth-order valence-corrected chi connectivity index (χ4v) is 6.35. The molecule has 0 bridgehead atoms. The van der Waals surface area contributed by atoms with Gasteiger partial charge in [0.2, 0.25) is 0 Å². The molecule has 0 aromatic carbocycles. The molecule has 0 aliphatic carbocycles. The molecule has 1 heterocycles. The molecule has 0 spiro atoms. The van der Waals surface area contributed by atoms with Crippen molar-refractivity contribution in [1.29, 1.82) is 0 Å². The van der Waals surface area contributed by atoms with Crippen LogP contribution in [0.4, 0.5) is 0 Å². The van der Waals surface area contributed by atoms with Crippen molar-refractivity contribution in [3.8, 4) is 11.5 Å². The molecule has 21 heavy (non-hydrogen) atoms. The zero-order valence-electron chi connectivity index (χ0n) is 14.5. The van der Waals surface area contributed by atoms with E-state index in [0.717, 1.165) is 11.0 Å². The molecule has 122 valence electrons. The topological polar surface area (TPSA) is 20.2 Å². The van der Waals surface area contributed by atoms with Crippen LogP contribution in [0, 0.1) is 29.2 Å². The molecule has 0 amide bonds. The van der Waals surface area contributed by atoms with E-state index in [0.29, 0.717) is 11.8 Å². The molecule has 0 aromatic heterocycles. The van der Waals surface area contributed by atoms with Crippen LogP contribution >= 0.6 is 23.5 Å². The molecule has 0 unspecified atom stereocenters. The van der Waals surface area contributed by atoms with E-state index in [-0.39, 0.29) is 12.0 Å². The Bertz CT molecular complexity index is 363. The summed E-state index contributed by atoms with van der Waals surface area (Å²) in [6, 6.07) is 0. The number of rotatable bonds is 5. The normalized spacial score (nSPS) is 22.8. The zero-order valence-corrected chi connectivity index (χ0v) is 17.1. The summed E-state index contributed by atoms with van der Waals surface area (Å²) in [6.45, 7) is 13.4. The first-order chi connectivity index (χ1) is 9.70. The molecule has 0 radical (unpaired) electrons. The first kappa shape index (κ1) is 19.5. The number of hydrogen-bond acceptors (Lipinski definition) is 3. The van der Waals surface area contributed by atoms with E-state index in [1.165, 1.54) is 17.9 Å². The van der Waals surface area contributed by atoms with E-state index < -0.39 is 8.07 Å². The number of aliphatic hydroxyl groups excluding tert-OH is 1. The number of aliphatic hydroxyl groups is 1. The molecule has 1 saturated heterocycles. The fourth-order valence-electron chi connectivity index (χ4n) is 2.58. The van der Waals surface area contributed by atoms with Gasteiger partial charge < -0.3 is 5.11 Å². The Kier molecular flexibility index (Phi) is 8.27. The molecular weight excluding hydrogens is 312 g/mol. The summed E-state index contributed by atoms with van der Waals surface area (Å²) in [4.78, 5) is 0. The van der Waals surface area contributed by atoms with E-state index in [9.17, 15) is 5.11 Å². The van der Waals surface area contributed by atoms with Gasteiger partial charge in [0.05, 0.1) is 10.7 Å². The van der Waals surface area contributed by atoms with E-state index in [2.05, 4.69) is 75.4 Å². The second kappa shape index (κ2) is 8.91. The van der Waals surface area contributed by atoms with Crippen molar-refractivity contribution in [3.63, 3.8) is 0 Å². The third kappa shape index (κ3) is 7.50. The molecule has 4 heteroatoms. The molecule has 1 aliphatic heterocycles. The van der Waals surface area contributed by atoms with Gasteiger partial charge in [-0.25, -0.2) is 0 Å². The Hall–Kier alpha value is 0.437. The number of hydrogen-bond donors (Lipinski definition) is 1. The van der Waals surface area contributed by atoms with Gasteiger partial charge in [-0.2, -0.15) is 0 Å². The maximum Gasteiger partial charge on any atom is 0.129 e. The smallest absolute Gasteiger partial charge is 0.129 e. The monoisotopic (exact) mass is 344 g/mol. The third-order valence-electron chi connectivity index (χ3n) is 3.83. The Balaban J connectivity index is 2.48. The maximum absolute atomic E-state index is 10.5. The minimum atomic E-state index is -1.34. The first-order valence-corrected chi connectivity index (χ1v) is 13.7. The molecule has 1 rings (SSSR count). The molecule has 0 saturated carbocycles. The standard InChI is InChI=1S/C17H32OS2Si/c1-13(8-11-21(4,5)6)16(18)14(2)12-15(3)17-19-9-7-10-20-17/h13-18H,7,9-10,12H2,1-6H3/t13-,14-,15+,16+/m0/s1. The largest absolute Gasteiger partial charge is 0.392 e. The van der Waals surface area contributed by atoms with Crippen LogP contribution in [0.15, 0.2) is 0 Å². The average molecular weight is 345 g/mol. The lowest BCUT2D eigenvalue weighted by Crippen LogP contribution is -2.29. The Morgan fingerprint density at radius 3 is 2.24 bits per heavy atom.